The third kappa shape index (κ3) is 3.35. The molecule has 2 aliphatic heterocycles. The van der Waals surface area contributed by atoms with E-state index in [1.807, 2.05) is 13.8 Å². The number of furan rings is 1. The molecule has 2 amide bonds. The van der Waals surface area contributed by atoms with Crippen molar-refractivity contribution < 1.29 is 23.8 Å². The van der Waals surface area contributed by atoms with Crippen LogP contribution in [0.2, 0.25) is 0 Å². The van der Waals surface area contributed by atoms with Crippen molar-refractivity contribution in [2.24, 2.45) is 5.92 Å². The van der Waals surface area contributed by atoms with Gasteiger partial charge in [0.1, 0.15) is 17.6 Å². The second kappa shape index (κ2) is 6.88. The lowest BCUT2D eigenvalue weighted by atomic mass is 9.73. The standard InChI is InChI=1S/C21H30N2O5/c1-13-12-16(14(2)28-13)18(25)23-9-6-21(7-10-23)19(26)20(3,8-11-27-21)22-17(24)15-4-5-15/h12,15,19,26H,4-11H2,1-3H3,(H,22,24)/t19-,20+/m0/s1. The van der Waals surface area contributed by atoms with Gasteiger partial charge in [-0.2, -0.15) is 0 Å². The molecule has 154 valence electrons. The van der Waals surface area contributed by atoms with Gasteiger partial charge in [0.05, 0.1) is 16.7 Å². The number of aliphatic hydroxyl groups excluding tert-OH is 1. The van der Waals surface area contributed by atoms with Gasteiger partial charge in [-0.05, 0) is 58.9 Å². The number of piperidine rings is 1. The van der Waals surface area contributed by atoms with Crippen molar-refractivity contribution in [3.05, 3.63) is 23.2 Å². The van der Waals surface area contributed by atoms with E-state index in [0.29, 0.717) is 50.3 Å². The molecule has 0 unspecified atom stereocenters. The predicted molar refractivity (Wildman–Crippen MR) is 102 cm³/mol. The molecule has 1 aromatic heterocycles. The molecule has 1 saturated carbocycles. The number of hydrogen-bond donors (Lipinski definition) is 2. The van der Waals surface area contributed by atoms with Crippen LogP contribution in [-0.2, 0) is 9.53 Å². The van der Waals surface area contributed by atoms with Crippen LogP contribution in [0.1, 0.15) is 60.9 Å². The number of carbonyl (C=O) groups is 2. The van der Waals surface area contributed by atoms with E-state index >= 15 is 0 Å². The van der Waals surface area contributed by atoms with Gasteiger partial charge >= 0.3 is 0 Å². The summed E-state index contributed by atoms with van der Waals surface area (Å²) in [6, 6.07) is 1.78. The highest BCUT2D eigenvalue weighted by molar-refractivity contribution is 5.95. The fraction of sp³-hybridized carbons (Fsp3) is 0.714. The van der Waals surface area contributed by atoms with Crippen LogP contribution in [0, 0.1) is 19.8 Å². The van der Waals surface area contributed by atoms with Crippen LogP contribution < -0.4 is 5.32 Å². The molecular weight excluding hydrogens is 360 g/mol. The SMILES string of the molecule is Cc1cc(C(=O)N2CCC3(CC2)OCC[C@@](C)(NC(=O)C2CC2)[C@@H]3O)c(C)o1. The minimum Gasteiger partial charge on any atom is -0.466 e. The zero-order valence-corrected chi connectivity index (χ0v) is 16.9. The van der Waals surface area contributed by atoms with E-state index in [-0.39, 0.29) is 17.7 Å². The van der Waals surface area contributed by atoms with Crippen LogP contribution in [0.3, 0.4) is 0 Å². The third-order valence-corrected chi connectivity index (χ3v) is 6.64. The van der Waals surface area contributed by atoms with Crippen LogP contribution in [0.15, 0.2) is 10.5 Å². The maximum Gasteiger partial charge on any atom is 0.257 e. The molecule has 7 heteroatoms. The second-order valence-electron chi connectivity index (χ2n) is 8.87. The van der Waals surface area contributed by atoms with Crippen molar-refractivity contribution in [1.82, 2.24) is 10.2 Å². The van der Waals surface area contributed by atoms with E-state index in [0.717, 1.165) is 18.6 Å². The molecule has 4 rings (SSSR count). The van der Waals surface area contributed by atoms with Crippen LogP contribution in [0.25, 0.3) is 0 Å². The predicted octanol–water partition coefficient (Wildman–Crippen LogP) is 1.94. The smallest absolute Gasteiger partial charge is 0.257 e. The Bertz CT molecular complexity index is 776. The highest BCUT2D eigenvalue weighted by Gasteiger charge is 2.54. The minimum atomic E-state index is -0.799. The van der Waals surface area contributed by atoms with E-state index in [9.17, 15) is 14.7 Å². The van der Waals surface area contributed by atoms with Gasteiger partial charge in [0.25, 0.3) is 5.91 Å². The summed E-state index contributed by atoms with van der Waals surface area (Å²) in [6.45, 7) is 7.05. The Balaban J connectivity index is 1.44. The molecule has 2 atom stereocenters. The summed E-state index contributed by atoms with van der Waals surface area (Å²) in [5.41, 5.74) is -0.815. The molecular formula is C21H30N2O5. The number of nitrogens with zero attached hydrogens (tertiary/aromatic N) is 1. The molecule has 2 saturated heterocycles. The maximum absolute atomic E-state index is 12.8. The van der Waals surface area contributed by atoms with Crippen molar-refractivity contribution in [3.63, 3.8) is 0 Å². The Morgan fingerprint density at radius 1 is 1.21 bits per heavy atom. The topological polar surface area (TPSA) is 92.0 Å². The van der Waals surface area contributed by atoms with Crippen molar-refractivity contribution in [2.75, 3.05) is 19.7 Å². The summed E-state index contributed by atoms with van der Waals surface area (Å²) in [7, 11) is 0. The summed E-state index contributed by atoms with van der Waals surface area (Å²) >= 11 is 0. The van der Waals surface area contributed by atoms with Gasteiger partial charge in [0.15, 0.2) is 0 Å². The summed E-state index contributed by atoms with van der Waals surface area (Å²) in [5.74, 6) is 1.45. The molecule has 3 aliphatic rings. The number of likely N-dealkylation sites (tertiary alicyclic amines) is 1. The van der Waals surface area contributed by atoms with Gasteiger partial charge < -0.3 is 24.5 Å². The molecule has 0 radical (unpaired) electrons. The first-order valence-corrected chi connectivity index (χ1v) is 10.2. The number of rotatable bonds is 3. The van der Waals surface area contributed by atoms with Crippen molar-refractivity contribution in [3.8, 4) is 0 Å². The summed E-state index contributed by atoms with van der Waals surface area (Å²) in [4.78, 5) is 26.9. The van der Waals surface area contributed by atoms with Crippen molar-refractivity contribution in [1.29, 1.82) is 0 Å². The maximum atomic E-state index is 12.8. The van der Waals surface area contributed by atoms with E-state index < -0.39 is 17.2 Å². The largest absolute Gasteiger partial charge is 0.466 e. The van der Waals surface area contributed by atoms with Gasteiger partial charge in [-0.3, -0.25) is 9.59 Å². The van der Waals surface area contributed by atoms with E-state index in [2.05, 4.69) is 5.32 Å². The lowest BCUT2D eigenvalue weighted by molar-refractivity contribution is -0.205. The van der Waals surface area contributed by atoms with Crippen LogP contribution in [-0.4, -0.2) is 58.8 Å². The molecule has 3 fully saturated rings. The quantitative estimate of drug-likeness (QED) is 0.823. The van der Waals surface area contributed by atoms with E-state index in [1.165, 1.54) is 0 Å². The highest BCUT2D eigenvalue weighted by atomic mass is 16.5. The van der Waals surface area contributed by atoms with Gasteiger partial charge in [-0.1, -0.05) is 0 Å². The molecule has 1 aliphatic carbocycles. The Morgan fingerprint density at radius 2 is 1.89 bits per heavy atom. The number of carbonyl (C=O) groups excluding carboxylic acids is 2. The first-order chi connectivity index (χ1) is 13.2. The molecule has 7 nitrogen and oxygen atoms in total. The molecule has 3 heterocycles. The van der Waals surface area contributed by atoms with Crippen molar-refractivity contribution in [2.45, 2.75) is 70.1 Å². The average molecular weight is 390 g/mol. The monoisotopic (exact) mass is 390 g/mol. The highest BCUT2D eigenvalue weighted by Crippen LogP contribution is 2.41. The Kier molecular flexibility index (Phi) is 4.78. The Hall–Kier alpha value is -1.86. The fourth-order valence-electron chi connectivity index (χ4n) is 4.64. The molecule has 1 aromatic rings. The number of nitrogens with one attached hydrogen (secondary N) is 1. The zero-order valence-electron chi connectivity index (χ0n) is 16.9. The number of ether oxygens (including phenoxy) is 1. The van der Waals surface area contributed by atoms with E-state index in [1.54, 1.807) is 17.9 Å². The van der Waals surface area contributed by atoms with Crippen LogP contribution in [0.5, 0.6) is 0 Å². The molecule has 0 bridgehead atoms. The summed E-state index contributed by atoms with van der Waals surface area (Å²) < 4.78 is 11.6. The average Bonchev–Trinajstić information content (AvgIpc) is 3.45. The summed E-state index contributed by atoms with van der Waals surface area (Å²) in [5, 5.41) is 14.3. The van der Waals surface area contributed by atoms with Crippen LogP contribution in [0.4, 0.5) is 0 Å². The lowest BCUT2D eigenvalue weighted by Crippen LogP contribution is -2.69. The first kappa shape index (κ1) is 19.5. The van der Waals surface area contributed by atoms with Gasteiger partial charge in [0.2, 0.25) is 5.91 Å². The van der Waals surface area contributed by atoms with E-state index in [4.69, 9.17) is 9.15 Å². The molecule has 28 heavy (non-hydrogen) atoms. The zero-order chi connectivity index (χ0) is 20.1. The number of aliphatic hydroxyl groups is 1. The fourth-order valence-corrected chi connectivity index (χ4v) is 4.64. The van der Waals surface area contributed by atoms with Gasteiger partial charge in [-0.15, -0.1) is 0 Å². The summed E-state index contributed by atoms with van der Waals surface area (Å²) in [6.07, 6.45) is 2.75. The molecule has 2 N–H and O–H groups in total. The normalized spacial score (nSPS) is 29.7. The molecule has 1 spiro atoms. The number of hydrogen-bond acceptors (Lipinski definition) is 5. The third-order valence-electron chi connectivity index (χ3n) is 6.64. The van der Waals surface area contributed by atoms with Gasteiger partial charge in [-0.25, -0.2) is 0 Å². The molecule has 0 aromatic carbocycles. The lowest BCUT2D eigenvalue weighted by Gasteiger charge is -2.53. The second-order valence-corrected chi connectivity index (χ2v) is 8.87. The Labute approximate surface area is 165 Å². The minimum absolute atomic E-state index is 0.0389. The van der Waals surface area contributed by atoms with Gasteiger partial charge in [0, 0.05) is 25.6 Å². The number of amides is 2. The Morgan fingerprint density at radius 3 is 2.46 bits per heavy atom. The number of aryl methyl sites for hydroxylation is 2. The van der Waals surface area contributed by atoms with Crippen LogP contribution >= 0.6 is 0 Å². The van der Waals surface area contributed by atoms with Crippen molar-refractivity contribution >= 4 is 11.8 Å². The first-order valence-electron chi connectivity index (χ1n) is 10.2.